The second kappa shape index (κ2) is 11.7. The maximum Gasteiger partial charge on any atom is 0.255 e. The van der Waals surface area contributed by atoms with E-state index in [-0.39, 0.29) is 23.6 Å². The number of hydrogen-bond donors (Lipinski definition) is 2. The molecule has 4 aromatic rings. The van der Waals surface area contributed by atoms with Gasteiger partial charge in [0.2, 0.25) is 11.8 Å². The highest BCUT2D eigenvalue weighted by Crippen LogP contribution is 2.31. The molecule has 0 aliphatic carbocycles. The number of amides is 3. The molecular formula is C34H36N4O3. The van der Waals surface area contributed by atoms with Gasteiger partial charge in [-0.05, 0) is 84.1 Å². The topological polar surface area (TPSA) is 81.8 Å². The van der Waals surface area contributed by atoms with Crippen molar-refractivity contribution < 1.29 is 14.4 Å². The van der Waals surface area contributed by atoms with Gasteiger partial charge in [0, 0.05) is 44.0 Å². The molecule has 0 radical (unpaired) electrons. The van der Waals surface area contributed by atoms with Crippen molar-refractivity contribution >= 4 is 50.6 Å². The summed E-state index contributed by atoms with van der Waals surface area (Å²) in [5.74, 6) is -0.0453. The molecule has 7 nitrogen and oxygen atoms in total. The molecule has 7 heteroatoms. The van der Waals surface area contributed by atoms with E-state index in [9.17, 15) is 14.4 Å². The first-order chi connectivity index (χ1) is 20.0. The Hall–Kier alpha value is -4.23. The molecule has 210 valence electrons. The van der Waals surface area contributed by atoms with Gasteiger partial charge in [-0.1, -0.05) is 48.5 Å². The Bertz CT molecular complexity index is 1540. The molecular weight excluding hydrogens is 512 g/mol. The number of likely N-dealkylation sites (tertiary alicyclic amines) is 2. The Labute approximate surface area is 240 Å². The lowest BCUT2D eigenvalue weighted by atomic mass is 9.92. The predicted octanol–water partition coefficient (Wildman–Crippen LogP) is 5.91. The van der Waals surface area contributed by atoms with Crippen molar-refractivity contribution in [2.45, 2.75) is 38.6 Å². The molecule has 1 atom stereocenters. The van der Waals surface area contributed by atoms with Crippen molar-refractivity contribution in [3.05, 3.63) is 84.4 Å². The fraction of sp³-hybridized carbons (Fsp3) is 0.324. The number of fused-ring (bicyclic) bond motifs is 2. The molecule has 2 aliphatic rings. The van der Waals surface area contributed by atoms with Gasteiger partial charge >= 0.3 is 0 Å². The van der Waals surface area contributed by atoms with Gasteiger partial charge in [-0.2, -0.15) is 0 Å². The molecule has 0 saturated carbocycles. The van der Waals surface area contributed by atoms with Crippen molar-refractivity contribution in [2.75, 3.05) is 36.8 Å². The lowest BCUT2D eigenvalue weighted by Crippen LogP contribution is -2.51. The van der Waals surface area contributed by atoms with Crippen molar-refractivity contribution in [1.29, 1.82) is 0 Å². The zero-order valence-electron chi connectivity index (χ0n) is 23.4. The summed E-state index contributed by atoms with van der Waals surface area (Å²) in [5, 5.41) is 9.99. The number of benzene rings is 4. The van der Waals surface area contributed by atoms with E-state index in [0.717, 1.165) is 84.7 Å². The predicted molar refractivity (Wildman–Crippen MR) is 164 cm³/mol. The number of nitrogens with one attached hydrogen (secondary N) is 2. The summed E-state index contributed by atoms with van der Waals surface area (Å²) in [6.45, 7) is 4.63. The molecule has 0 aromatic heterocycles. The second-order valence-corrected chi connectivity index (χ2v) is 11.3. The fourth-order valence-electron chi connectivity index (χ4n) is 6.47. The summed E-state index contributed by atoms with van der Waals surface area (Å²) in [6.07, 6.45) is 3.68. The van der Waals surface area contributed by atoms with Crippen LogP contribution in [0.4, 0.5) is 11.4 Å². The number of hydrogen-bond acceptors (Lipinski definition) is 4. The Kier molecular flexibility index (Phi) is 7.70. The van der Waals surface area contributed by atoms with Gasteiger partial charge < -0.3 is 15.5 Å². The van der Waals surface area contributed by atoms with Crippen molar-refractivity contribution in [2.24, 2.45) is 5.92 Å². The van der Waals surface area contributed by atoms with Crippen LogP contribution in [0.25, 0.3) is 21.5 Å². The number of carbonyl (C=O) groups is 3. The Balaban J connectivity index is 1.09. The molecule has 2 fully saturated rings. The van der Waals surface area contributed by atoms with Gasteiger partial charge in [-0.3, -0.25) is 19.3 Å². The van der Waals surface area contributed by atoms with Gasteiger partial charge in [0.1, 0.15) is 0 Å². The van der Waals surface area contributed by atoms with Crippen LogP contribution in [0.5, 0.6) is 0 Å². The molecule has 0 spiro atoms. The van der Waals surface area contributed by atoms with Gasteiger partial charge in [-0.15, -0.1) is 0 Å². The minimum Gasteiger partial charge on any atom is -0.338 e. The van der Waals surface area contributed by atoms with E-state index in [1.54, 1.807) is 12.1 Å². The summed E-state index contributed by atoms with van der Waals surface area (Å²) in [5.41, 5.74) is 2.24. The summed E-state index contributed by atoms with van der Waals surface area (Å²) in [4.78, 5) is 42.8. The minimum atomic E-state index is -0.124. The first kappa shape index (κ1) is 27.0. The average molecular weight is 549 g/mol. The lowest BCUT2D eigenvalue weighted by molar-refractivity contribution is -0.122. The standard InChI is InChI=1S/C34H36N4O3/c1-23(39)35-27-12-14-28(15-13-27)36-33(40)26-9-6-18-38(22-26)29-16-19-37(20-17-29)34(41)32-30-10-4-2-7-24(30)21-25-8-3-5-11-31(25)32/h2-5,7-8,10-15,21,26,29H,6,9,16-20,22H2,1H3,(H,35,39)(H,36,40). The van der Waals surface area contributed by atoms with Gasteiger partial charge in [0.15, 0.2) is 0 Å². The third-order valence-corrected chi connectivity index (χ3v) is 8.55. The smallest absolute Gasteiger partial charge is 0.255 e. The molecule has 2 N–H and O–H groups in total. The molecule has 0 bridgehead atoms. The van der Waals surface area contributed by atoms with Crippen molar-refractivity contribution in [1.82, 2.24) is 9.80 Å². The van der Waals surface area contributed by atoms with Crippen LogP contribution in [0, 0.1) is 5.92 Å². The largest absolute Gasteiger partial charge is 0.338 e. The van der Waals surface area contributed by atoms with Gasteiger partial charge in [0.25, 0.3) is 5.91 Å². The van der Waals surface area contributed by atoms with Crippen molar-refractivity contribution in [3.63, 3.8) is 0 Å². The Morgan fingerprint density at radius 3 is 1.93 bits per heavy atom. The van der Waals surface area contributed by atoms with E-state index in [1.807, 2.05) is 41.3 Å². The molecule has 6 rings (SSSR count). The van der Waals surface area contributed by atoms with Crippen LogP contribution in [-0.2, 0) is 9.59 Å². The first-order valence-electron chi connectivity index (χ1n) is 14.6. The molecule has 3 amide bonds. The van der Waals surface area contributed by atoms with Gasteiger partial charge in [0.05, 0.1) is 11.5 Å². The second-order valence-electron chi connectivity index (χ2n) is 11.3. The minimum absolute atomic E-state index is 0.0393. The highest BCUT2D eigenvalue weighted by molar-refractivity contribution is 6.18. The van der Waals surface area contributed by atoms with Crippen molar-refractivity contribution in [3.8, 4) is 0 Å². The normalized spacial score (nSPS) is 18.4. The number of nitrogens with zero attached hydrogens (tertiary/aromatic N) is 2. The maximum atomic E-state index is 13.9. The molecule has 41 heavy (non-hydrogen) atoms. The molecule has 2 saturated heterocycles. The van der Waals surface area contributed by atoms with Crippen LogP contribution in [0.2, 0.25) is 0 Å². The highest BCUT2D eigenvalue weighted by atomic mass is 16.2. The Morgan fingerprint density at radius 1 is 0.732 bits per heavy atom. The SMILES string of the molecule is CC(=O)Nc1ccc(NC(=O)C2CCCN(C3CCN(C(=O)c4c5ccccc5cc5ccccc45)CC3)C2)cc1. The van der Waals surface area contributed by atoms with E-state index in [2.05, 4.69) is 45.9 Å². The fourth-order valence-corrected chi connectivity index (χ4v) is 6.47. The van der Waals surface area contributed by atoms with Crippen LogP contribution < -0.4 is 10.6 Å². The average Bonchev–Trinajstić information content (AvgIpc) is 3.00. The number of anilines is 2. The van der Waals surface area contributed by atoms with E-state index < -0.39 is 0 Å². The van der Waals surface area contributed by atoms with E-state index in [4.69, 9.17) is 0 Å². The first-order valence-corrected chi connectivity index (χ1v) is 14.6. The van der Waals surface area contributed by atoms with Crippen LogP contribution in [0.15, 0.2) is 78.9 Å². The van der Waals surface area contributed by atoms with E-state index in [1.165, 1.54) is 6.92 Å². The zero-order valence-corrected chi connectivity index (χ0v) is 23.4. The third kappa shape index (κ3) is 5.81. The third-order valence-electron chi connectivity index (χ3n) is 8.55. The van der Waals surface area contributed by atoms with E-state index >= 15 is 0 Å². The quantitative estimate of drug-likeness (QED) is 0.304. The molecule has 2 aliphatic heterocycles. The molecule has 4 aromatic carbocycles. The lowest BCUT2D eigenvalue weighted by Gasteiger charge is -2.42. The number of rotatable bonds is 5. The van der Waals surface area contributed by atoms with Crippen LogP contribution in [0.1, 0.15) is 43.0 Å². The highest BCUT2D eigenvalue weighted by Gasteiger charge is 2.33. The van der Waals surface area contributed by atoms with Crippen LogP contribution >= 0.6 is 0 Å². The van der Waals surface area contributed by atoms with Gasteiger partial charge in [-0.25, -0.2) is 0 Å². The number of piperidine rings is 2. The summed E-state index contributed by atoms with van der Waals surface area (Å²) >= 11 is 0. The summed E-state index contributed by atoms with van der Waals surface area (Å²) < 4.78 is 0. The van der Waals surface area contributed by atoms with E-state index in [0.29, 0.717) is 11.7 Å². The van der Waals surface area contributed by atoms with Crippen LogP contribution in [0.3, 0.4) is 0 Å². The number of carbonyl (C=O) groups excluding carboxylic acids is 3. The summed E-state index contributed by atoms with van der Waals surface area (Å²) in [7, 11) is 0. The summed E-state index contributed by atoms with van der Waals surface area (Å²) in [6, 6.07) is 26.1. The van der Waals surface area contributed by atoms with Crippen LogP contribution in [-0.4, -0.2) is 59.7 Å². The monoisotopic (exact) mass is 548 g/mol. The maximum absolute atomic E-state index is 13.9. The molecule has 1 unspecified atom stereocenters. The molecule has 2 heterocycles. The Morgan fingerprint density at radius 2 is 1.32 bits per heavy atom. The zero-order chi connectivity index (χ0) is 28.3.